The molecule has 0 bridgehead atoms. The summed E-state index contributed by atoms with van der Waals surface area (Å²) in [6, 6.07) is 7.20. The summed E-state index contributed by atoms with van der Waals surface area (Å²) in [5.74, 6) is -0.206. The van der Waals surface area contributed by atoms with Gasteiger partial charge in [-0.3, -0.25) is 0 Å². The minimum atomic E-state index is -4.55. The molecule has 0 unspecified atom stereocenters. The topological polar surface area (TPSA) is 38.2 Å². The van der Waals surface area contributed by atoms with Crippen molar-refractivity contribution in [3.63, 3.8) is 0 Å². The first-order valence-electron chi connectivity index (χ1n) is 8.45. The molecule has 0 atom stereocenters. The van der Waals surface area contributed by atoms with E-state index in [1.807, 2.05) is 12.1 Å². The molecule has 0 radical (unpaired) electrons. The molecular weight excluding hydrogens is 458 g/mol. The summed E-state index contributed by atoms with van der Waals surface area (Å²) < 4.78 is 47.0. The van der Waals surface area contributed by atoms with Gasteiger partial charge in [-0.1, -0.05) is 18.6 Å². The van der Waals surface area contributed by atoms with E-state index in [1.54, 1.807) is 19.2 Å². The summed E-state index contributed by atoms with van der Waals surface area (Å²) in [5, 5.41) is 0. The molecule has 1 saturated carbocycles. The van der Waals surface area contributed by atoms with Gasteiger partial charge >= 0.3 is 12.2 Å². The van der Waals surface area contributed by atoms with Gasteiger partial charge in [0.2, 0.25) is 0 Å². The lowest BCUT2D eigenvalue weighted by Gasteiger charge is -2.25. The van der Waals surface area contributed by atoms with Crippen LogP contribution < -0.4 is 9.64 Å². The molecule has 26 heavy (non-hydrogen) atoms. The maximum atomic E-state index is 13.5. The fourth-order valence-electron chi connectivity index (χ4n) is 3.04. The van der Waals surface area contributed by atoms with E-state index in [9.17, 15) is 13.2 Å². The van der Waals surface area contributed by atoms with Crippen LogP contribution in [0.5, 0.6) is 6.01 Å². The predicted molar refractivity (Wildman–Crippen MR) is 102 cm³/mol. The molecule has 0 amide bonds. The largest absolute Gasteiger partial charge is 0.460 e. The summed E-state index contributed by atoms with van der Waals surface area (Å²) in [7, 11) is 1.57. The standard InChI is InChI=1S/C18H19F3IN3O/c1-25(15-10-6-5-9-14(15)22)16-13(18(19,20)21)11-23-17(24-16)26-12-7-3-2-4-8-12/h5-6,9-12H,2-4,7-8H2,1H3. The predicted octanol–water partition coefficient (Wildman–Crippen LogP) is 5.58. The molecule has 2 aromatic rings. The van der Waals surface area contributed by atoms with Crippen molar-refractivity contribution in [2.24, 2.45) is 0 Å². The molecule has 3 rings (SSSR count). The van der Waals surface area contributed by atoms with E-state index < -0.39 is 11.7 Å². The highest BCUT2D eigenvalue weighted by molar-refractivity contribution is 14.1. The van der Waals surface area contributed by atoms with Crippen LogP contribution in [0.3, 0.4) is 0 Å². The van der Waals surface area contributed by atoms with E-state index in [4.69, 9.17) is 4.74 Å². The fourth-order valence-corrected chi connectivity index (χ4v) is 3.79. The second-order valence-electron chi connectivity index (χ2n) is 6.28. The summed E-state index contributed by atoms with van der Waals surface area (Å²) in [6.45, 7) is 0. The maximum Gasteiger partial charge on any atom is 0.421 e. The van der Waals surface area contributed by atoms with Gasteiger partial charge in [0, 0.05) is 16.8 Å². The van der Waals surface area contributed by atoms with Crippen molar-refractivity contribution in [1.82, 2.24) is 9.97 Å². The number of benzene rings is 1. The van der Waals surface area contributed by atoms with Gasteiger partial charge in [0.1, 0.15) is 11.7 Å². The van der Waals surface area contributed by atoms with E-state index in [0.29, 0.717) is 5.69 Å². The SMILES string of the molecule is CN(c1ccccc1I)c1nc(OC2CCCCC2)ncc1C(F)(F)F. The lowest BCUT2D eigenvalue weighted by Crippen LogP contribution is -2.23. The molecule has 140 valence electrons. The zero-order valence-corrected chi connectivity index (χ0v) is 16.4. The summed E-state index contributed by atoms with van der Waals surface area (Å²) >= 11 is 2.09. The molecule has 1 aliphatic rings. The first-order valence-corrected chi connectivity index (χ1v) is 9.53. The van der Waals surface area contributed by atoms with E-state index in [1.165, 1.54) is 4.90 Å². The number of para-hydroxylation sites is 1. The third-order valence-corrected chi connectivity index (χ3v) is 5.32. The second kappa shape index (κ2) is 7.98. The Labute approximate surface area is 163 Å². The number of anilines is 2. The molecule has 1 aliphatic carbocycles. The molecule has 0 spiro atoms. The highest BCUT2D eigenvalue weighted by atomic mass is 127. The molecule has 1 heterocycles. The van der Waals surface area contributed by atoms with Crippen molar-refractivity contribution in [2.45, 2.75) is 44.4 Å². The first-order chi connectivity index (χ1) is 12.4. The van der Waals surface area contributed by atoms with Crippen LogP contribution in [0.1, 0.15) is 37.7 Å². The third-order valence-electron chi connectivity index (χ3n) is 4.41. The summed E-state index contributed by atoms with van der Waals surface area (Å²) in [5.41, 5.74) is -0.239. The Hall–Kier alpha value is -1.58. The van der Waals surface area contributed by atoms with Crippen molar-refractivity contribution in [2.75, 3.05) is 11.9 Å². The van der Waals surface area contributed by atoms with Crippen LogP contribution in [0.15, 0.2) is 30.5 Å². The quantitative estimate of drug-likeness (QED) is 0.540. The normalized spacial score (nSPS) is 15.7. The fraction of sp³-hybridized carbons (Fsp3) is 0.444. The summed E-state index contributed by atoms with van der Waals surface area (Å²) in [4.78, 5) is 9.37. The molecule has 1 aromatic heterocycles. The monoisotopic (exact) mass is 477 g/mol. The number of nitrogens with zero attached hydrogens (tertiary/aromatic N) is 3. The number of hydrogen-bond donors (Lipinski definition) is 0. The zero-order valence-electron chi connectivity index (χ0n) is 14.3. The third kappa shape index (κ3) is 4.39. The van der Waals surface area contributed by atoms with Gasteiger partial charge in [-0.15, -0.1) is 0 Å². The molecular formula is C18H19F3IN3O. The first kappa shape index (κ1) is 19.2. The van der Waals surface area contributed by atoms with E-state index in [2.05, 4.69) is 32.6 Å². The Morgan fingerprint density at radius 2 is 1.85 bits per heavy atom. The van der Waals surface area contributed by atoms with Gasteiger partial charge in [-0.25, -0.2) is 4.98 Å². The van der Waals surface area contributed by atoms with E-state index in [-0.39, 0.29) is 17.9 Å². The lowest BCUT2D eigenvalue weighted by molar-refractivity contribution is -0.137. The number of hydrogen-bond acceptors (Lipinski definition) is 4. The van der Waals surface area contributed by atoms with Gasteiger partial charge < -0.3 is 9.64 Å². The maximum absolute atomic E-state index is 13.5. The Morgan fingerprint density at radius 1 is 1.15 bits per heavy atom. The van der Waals surface area contributed by atoms with Crippen LogP contribution in [0.25, 0.3) is 0 Å². The van der Waals surface area contributed by atoms with Crippen LogP contribution in [-0.2, 0) is 6.18 Å². The highest BCUT2D eigenvalue weighted by Gasteiger charge is 2.37. The number of ether oxygens (including phenoxy) is 1. The van der Waals surface area contributed by atoms with Crippen LogP contribution in [-0.4, -0.2) is 23.1 Å². The van der Waals surface area contributed by atoms with Gasteiger partial charge in [-0.05, 0) is 60.4 Å². The number of rotatable bonds is 4. The smallest absolute Gasteiger partial charge is 0.421 e. The number of alkyl halides is 3. The molecule has 8 heteroatoms. The lowest BCUT2D eigenvalue weighted by atomic mass is 9.98. The van der Waals surface area contributed by atoms with Crippen LogP contribution >= 0.6 is 22.6 Å². The average Bonchev–Trinajstić information content (AvgIpc) is 2.61. The Bertz CT molecular complexity index is 764. The Kier molecular flexibility index (Phi) is 5.89. The number of aromatic nitrogens is 2. The second-order valence-corrected chi connectivity index (χ2v) is 7.44. The Morgan fingerprint density at radius 3 is 2.50 bits per heavy atom. The van der Waals surface area contributed by atoms with E-state index in [0.717, 1.165) is 41.9 Å². The van der Waals surface area contributed by atoms with Crippen LogP contribution in [0, 0.1) is 3.57 Å². The highest BCUT2D eigenvalue weighted by Crippen LogP contribution is 2.38. The molecule has 0 saturated heterocycles. The molecule has 4 nitrogen and oxygen atoms in total. The van der Waals surface area contributed by atoms with Crippen LogP contribution in [0.2, 0.25) is 0 Å². The van der Waals surface area contributed by atoms with Crippen molar-refractivity contribution in [3.8, 4) is 6.01 Å². The minimum absolute atomic E-state index is 0.00214. The van der Waals surface area contributed by atoms with Gasteiger partial charge in [0.05, 0.1) is 5.69 Å². The average molecular weight is 477 g/mol. The summed E-state index contributed by atoms with van der Waals surface area (Å²) in [6.07, 6.45) is 1.27. The molecule has 1 aromatic carbocycles. The van der Waals surface area contributed by atoms with E-state index >= 15 is 0 Å². The molecule has 0 N–H and O–H groups in total. The van der Waals surface area contributed by atoms with Crippen molar-refractivity contribution in [3.05, 3.63) is 39.6 Å². The van der Waals surface area contributed by atoms with Gasteiger partial charge in [0.25, 0.3) is 0 Å². The number of halogens is 4. The van der Waals surface area contributed by atoms with Crippen molar-refractivity contribution < 1.29 is 17.9 Å². The van der Waals surface area contributed by atoms with Crippen molar-refractivity contribution in [1.29, 1.82) is 0 Å². The van der Waals surface area contributed by atoms with Crippen molar-refractivity contribution >= 4 is 34.1 Å². The molecule has 0 aliphatic heterocycles. The zero-order chi connectivity index (χ0) is 18.7. The Balaban J connectivity index is 1.96. The minimum Gasteiger partial charge on any atom is -0.460 e. The van der Waals surface area contributed by atoms with Gasteiger partial charge in [-0.2, -0.15) is 18.2 Å². The molecule has 1 fully saturated rings. The van der Waals surface area contributed by atoms with Crippen LogP contribution in [0.4, 0.5) is 24.7 Å². The van der Waals surface area contributed by atoms with Gasteiger partial charge in [0.15, 0.2) is 5.82 Å².